The van der Waals surface area contributed by atoms with E-state index in [9.17, 15) is 4.79 Å². The van der Waals surface area contributed by atoms with E-state index in [-0.39, 0.29) is 5.91 Å². The highest BCUT2D eigenvalue weighted by molar-refractivity contribution is 5.94. The van der Waals surface area contributed by atoms with Gasteiger partial charge in [-0.2, -0.15) is 5.10 Å². The van der Waals surface area contributed by atoms with E-state index in [0.29, 0.717) is 11.6 Å². The lowest BCUT2D eigenvalue weighted by molar-refractivity contribution is -0.0347. The van der Waals surface area contributed by atoms with E-state index in [1.54, 1.807) is 0 Å². The Bertz CT molecular complexity index is 595. The Balaban J connectivity index is 1.26. The smallest absolute Gasteiger partial charge is 0.272 e. The number of carbonyl (C=O) groups excluding carboxylic acids is 1. The van der Waals surface area contributed by atoms with Gasteiger partial charge in [-0.1, -0.05) is 0 Å². The zero-order valence-electron chi connectivity index (χ0n) is 13.6. The predicted molar refractivity (Wildman–Crippen MR) is 86.9 cm³/mol. The topological polar surface area (TPSA) is 69.8 Å². The number of nitrogens with zero attached hydrogens (tertiary/aromatic N) is 1. The summed E-state index contributed by atoms with van der Waals surface area (Å²) in [5.74, 6) is 4.44. The van der Waals surface area contributed by atoms with Crippen molar-refractivity contribution in [1.82, 2.24) is 20.8 Å². The average molecular weight is 314 g/mol. The molecule has 5 heteroatoms. The minimum Gasteiger partial charge on any atom is -0.350 e. The Labute approximate surface area is 137 Å². The second kappa shape index (κ2) is 5.33. The third-order valence-electron chi connectivity index (χ3n) is 6.94. The molecule has 4 fully saturated rings. The van der Waals surface area contributed by atoms with Gasteiger partial charge in [0.25, 0.3) is 5.91 Å². The molecule has 0 unspecified atom stereocenters. The molecule has 6 rings (SSSR count). The minimum absolute atomic E-state index is 0.0139. The lowest BCUT2D eigenvalue weighted by Crippen LogP contribution is -2.49. The van der Waals surface area contributed by atoms with Gasteiger partial charge in [-0.05, 0) is 61.7 Å². The number of hydrogen-bond acceptors (Lipinski definition) is 3. The summed E-state index contributed by atoms with van der Waals surface area (Å²) in [6.45, 7) is 2.57. The van der Waals surface area contributed by atoms with Gasteiger partial charge in [0.15, 0.2) is 5.69 Å². The molecule has 1 aromatic rings. The summed E-state index contributed by atoms with van der Waals surface area (Å²) in [4.78, 5) is 12.6. The van der Waals surface area contributed by atoms with Crippen LogP contribution >= 0.6 is 0 Å². The van der Waals surface area contributed by atoms with Crippen molar-refractivity contribution in [3.05, 3.63) is 17.0 Å². The summed E-state index contributed by atoms with van der Waals surface area (Å²) < 4.78 is 0. The first-order valence-electron chi connectivity index (χ1n) is 9.33. The molecule has 1 aromatic heterocycles. The molecule has 0 aromatic carbocycles. The number of H-pyrrole nitrogens is 1. The molecule has 4 saturated carbocycles. The van der Waals surface area contributed by atoms with Crippen LogP contribution < -0.4 is 10.6 Å². The predicted octanol–water partition coefficient (Wildman–Crippen LogP) is 1.86. The van der Waals surface area contributed by atoms with E-state index >= 15 is 0 Å². The van der Waals surface area contributed by atoms with Crippen LogP contribution in [0.5, 0.6) is 0 Å². The van der Waals surface area contributed by atoms with Gasteiger partial charge in [0.1, 0.15) is 0 Å². The molecule has 0 saturated heterocycles. The average Bonchev–Trinajstić information content (AvgIpc) is 2.97. The van der Waals surface area contributed by atoms with Crippen molar-refractivity contribution in [1.29, 1.82) is 0 Å². The number of fused-ring (bicyclic) bond motifs is 1. The Morgan fingerprint density at radius 3 is 2.61 bits per heavy atom. The maximum atomic E-state index is 12.6. The van der Waals surface area contributed by atoms with E-state index in [0.717, 1.165) is 61.0 Å². The Morgan fingerprint density at radius 2 is 1.87 bits per heavy atom. The molecule has 1 amide bonds. The van der Waals surface area contributed by atoms with Crippen LogP contribution in [0.2, 0.25) is 0 Å². The normalized spacial score (nSPS) is 37.7. The monoisotopic (exact) mass is 314 g/mol. The largest absolute Gasteiger partial charge is 0.350 e. The van der Waals surface area contributed by atoms with Crippen molar-refractivity contribution in [3.8, 4) is 0 Å². The van der Waals surface area contributed by atoms with Gasteiger partial charge in [-0.3, -0.25) is 9.89 Å². The molecule has 4 aliphatic carbocycles. The number of amides is 1. The van der Waals surface area contributed by atoms with E-state index in [1.165, 1.54) is 32.1 Å². The first kappa shape index (κ1) is 14.0. The lowest BCUT2D eigenvalue weighted by atomic mass is 9.52. The van der Waals surface area contributed by atoms with Crippen molar-refractivity contribution >= 4 is 5.91 Å². The number of nitrogens with one attached hydrogen (secondary N) is 3. The van der Waals surface area contributed by atoms with Crippen molar-refractivity contribution < 1.29 is 4.79 Å². The van der Waals surface area contributed by atoms with Crippen molar-refractivity contribution in [2.45, 2.75) is 45.1 Å². The molecule has 23 heavy (non-hydrogen) atoms. The molecule has 2 heterocycles. The number of aromatic nitrogens is 2. The Hall–Kier alpha value is -1.36. The standard InChI is InChI=1S/C18H26N4O/c23-18(17-15-8-19-2-1-16(15)21-22-17)20-9-14-12-4-10-3-11(6-12)7-13(14)5-10/h10-14,19H,1-9H2,(H,20,23)(H,21,22). The maximum Gasteiger partial charge on any atom is 0.272 e. The molecule has 5 nitrogen and oxygen atoms in total. The molecule has 0 radical (unpaired) electrons. The van der Waals surface area contributed by atoms with Gasteiger partial charge >= 0.3 is 0 Å². The molecular formula is C18H26N4O. The summed E-state index contributed by atoms with van der Waals surface area (Å²) >= 11 is 0. The van der Waals surface area contributed by atoms with Crippen LogP contribution in [0.15, 0.2) is 0 Å². The Morgan fingerprint density at radius 1 is 1.13 bits per heavy atom. The summed E-state index contributed by atoms with van der Waals surface area (Å²) in [7, 11) is 0. The van der Waals surface area contributed by atoms with Crippen molar-refractivity contribution in [3.63, 3.8) is 0 Å². The quantitative estimate of drug-likeness (QED) is 0.797. The summed E-state index contributed by atoms with van der Waals surface area (Å²) in [6, 6.07) is 0. The minimum atomic E-state index is 0.0139. The first-order chi connectivity index (χ1) is 11.3. The summed E-state index contributed by atoms with van der Waals surface area (Å²) in [5.41, 5.74) is 2.80. The number of aromatic amines is 1. The second-order valence-electron chi connectivity index (χ2n) is 8.26. The fourth-order valence-corrected chi connectivity index (χ4v) is 6.08. The maximum absolute atomic E-state index is 12.6. The van der Waals surface area contributed by atoms with E-state index in [2.05, 4.69) is 20.8 Å². The lowest BCUT2D eigenvalue weighted by Gasteiger charge is -2.54. The van der Waals surface area contributed by atoms with Crippen LogP contribution in [0, 0.1) is 29.6 Å². The van der Waals surface area contributed by atoms with E-state index < -0.39 is 0 Å². The van der Waals surface area contributed by atoms with Crippen LogP contribution in [0.3, 0.4) is 0 Å². The van der Waals surface area contributed by atoms with Gasteiger partial charge in [0.05, 0.1) is 0 Å². The van der Waals surface area contributed by atoms with Crippen LogP contribution in [0.1, 0.15) is 53.8 Å². The highest BCUT2D eigenvalue weighted by atomic mass is 16.1. The zero-order chi connectivity index (χ0) is 15.4. The van der Waals surface area contributed by atoms with E-state index in [4.69, 9.17) is 0 Å². The first-order valence-corrected chi connectivity index (χ1v) is 9.33. The van der Waals surface area contributed by atoms with Crippen molar-refractivity contribution in [2.75, 3.05) is 13.1 Å². The summed E-state index contributed by atoms with van der Waals surface area (Å²) in [5, 5.41) is 13.9. The number of carbonyl (C=O) groups is 1. The van der Waals surface area contributed by atoms with Crippen LogP contribution in [0.25, 0.3) is 0 Å². The fourth-order valence-electron chi connectivity index (χ4n) is 6.08. The highest BCUT2D eigenvalue weighted by Gasteiger charge is 2.48. The molecule has 124 valence electrons. The van der Waals surface area contributed by atoms with Gasteiger partial charge in [-0.25, -0.2) is 0 Å². The summed E-state index contributed by atoms with van der Waals surface area (Å²) in [6.07, 6.45) is 8.07. The van der Waals surface area contributed by atoms with Crippen molar-refractivity contribution in [2.24, 2.45) is 29.6 Å². The third-order valence-corrected chi connectivity index (χ3v) is 6.94. The molecule has 3 N–H and O–H groups in total. The van der Waals surface area contributed by atoms with Gasteiger partial charge < -0.3 is 10.6 Å². The molecule has 4 bridgehead atoms. The third kappa shape index (κ3) is 2.32. The van der Waals surface area contributed by atoms with Gasteiger partial charge in [0, 0.05) is 37.3 Å². The zero-order valence-corrected chi connectivity index (χ0v) is 13.6. The second-order valence-corrected chi connectivity index (χ2v) is 8.26. The highest BCUT2D eigenvalue weighted by Crippen LogP contribution is 2.56. The molecule has 0 atom stereocenters. The SMILES string of the molecule is O=C(NCC1C2CC3CC(C2)CC1C3)c1n[nH]c2c1CNCC2. The molecular weight excluding hydrogens is 288 g/mol. The molecule has 1 aliphatic heterocycles. The Kier molecular flexibility index (Phi) is 3.25. The molecule has 5 aliphatic rings. The van der Waals surface area contributed by atoms with Crippen LogP contribution in [-0.4, -0.2) is 29.2 Å². The van der Waals surface area contributed by atoms with Gasteiger partial charge in [-0.15, -0.1) is 0 Å². The van der Waals surface area contributed by atoms with Gasteiger partial charge in [0.2, 0.25) is 0 Å². The van der Waals surface area contributed by atoms with Crippen LogP contribution in [-0.2, 0) is 13.0 Å². The van der Waals surface area contributed by atoms with E-state index in [1.807, 2.05) is 0 Å². The number of hydrogen-bond donors (Lipinski definition) is 3. The fraction of sp³-hybridized carbons (Fsp3) is 0.778. The molecule has 0 spiro atoms. The van der Waals surface area contributed by atoms with Crippen LogP contribution in [0.4, 0.5) is 0 Å². The number of rotatable bonds is 3.